The molecule has 1 saturated heterocycles. The van der Waals surface area contributed by atoms with Gasteiger partial charge in [-0.15, -0.1) is 0 Å². The van der Waals surface area contributed by atoms with Gasteiger partial charge < -0.3 is 20.1 Å². The summed E-state index contributed by atoms with van der Waals surface area (Å²) in [6.07, 6.45) is 11.7. The molecule has 12 unspecified atom stereocenters. The molecule has 5 heteroatoms. The van der Waals surface area contributed by atoms with Crippen LogP contribution in [0.15, 0.2) is 11.6 Å². The summed E-state index contributed by atoms with van der Waals surface area (Å²) in [4.78, 5) is 13.0. The standard InChI is InChI=1S/C33H52O5/c1-19-7-6-13-33(17-22-28(36)29(37)23(18-34)38-22)16-10-21-20(27(19)33)8-9-25-31(21,4)14-11-24-30(2,3)26(35)12-15-32(24,25)5/h8,19,21-25,27-29,34,36-37H,6-7,9-18H2,1-5H3. The maximum absolute atomic E-state index is 13.0. The van der Waals surface area contributed by atoms with Gasteiger partial charge in [0.2, 0.25) is 0 Å². The van der Waals surface area contributed by atoms with Crippen LogP contribution in [-0.2, 0) is 9.53 Å². The van der Waals surface area contributed by atoms with Crippen LogP contribution in [0.1, 0.15) is 105 Å². The van der Waals surface area contributed by atoms with Crippen LogP contribution in [0.4, 0.5) is 0 Å². The predicted molar refractivity (Wildman–Crippen MR) is 147 cm³/mol. The molecule has 0 aromatic heterocycles. The van der Waals surface area contributed by atoms with Crippen molar-refractivity contribution in [3.63, 3.8) is 0 Å². The largest absolute Gasteiger partial charge is 0.394 e. The molecule has 12 atom stereocenters. The van der Waals surface area contributed by atoms with Crippen molar-refractivity contribution in [1.82, 2.24) is 0 Å². The number of aliphatic hydroxyl groups excluding tert-OH is 3. The summed E-state index contributed by atoms with van der Waals surface area (Å²) >= 11 is 0. The first kappa shape index (κ1) is 27.4. The van der Waals surface area contributed by atoms with E-state index in [0.29, 0.717) is 35.4 Å². The normalized spacial score (nSPS) is 53.8. The molecule has 5 aliphatic carbocycles. The Morgan fingerprint density at radius 1 is 0.921 bits per heavy atom. The van der Waals surface area contributed by atoms with Gasteiger partial charge in [0.05, 0.1) is 12.7 Å². The molecule has 214 valence electrons. The molecule has 0 amide bonds. The minimum atomic E-state index is -1.01. The Bertz CT molecular complexity index is 988. The molecule has 5 nitrogen and oxygen atoms in total. The van der Waals surface area contributed by atoms with Gasteiger partial charge in [-0.1, -0.05) is 59.1 Å². The third-order valence-corrected chi connectivity index (χ3v) is 13.7. The fourth-order valence-electron chi connectivity index (χ4n) is 11.9. The molecule has 3 N–H and O–H groups in total. The molecule has 0 bridgehead atoms. The Kier molecular flexibility index (Phi) is 6.59. The lowest BCUT2D eigenvalue weighted by atomic mass is 9.37. The van der Waals surface area contributed by atoms with Gasteiger partial charge in [-0.05, 0) is 97.2 Å². The maximum atomic E-state index is 13.0. The first-order valence-corrected chi connectivity index (χ1v) is 15.7. The zero-order chi connectivity index (χ0) is 27.3. The van der Waals surface area contributed by atoms with Crippen molar-refractivity contribution in [2.75, 3.05) is 6.61 Å². The van der Waals surface area contributed by atoms with E-state index in [1.54, 1.807) is 5.57 Å². The molecule has 1 heterocycles. The van der Waals surface area contributed by atoms with Crippen LogP contribution in [-0.4, -0.2) is 52.1 Å². The molecule has 38 heavy (non-hydrogen) atoms. The SMILES string of the molecule is CC1CCCC2(CC3OC(CO)C(O)C3O)CCC3C(=CCC4C3(C)CCC3C(C)(C)C(=O)CCC34C)C12. The van der Waals surface area contributed by atoms with Crippen LogP contribution in [0.25, 0.3) is 0 Å². The molecule has 6 rings (SSSR count). The first-order valence-electron chi connectivity index (χ1n) is 15.7. The van der Waals surface area contributed by atoms with Crippen LogP contribution in [0.2, 0.25) is 0 Å². The van der Waals surface area contributed by atoms with Crippen molar-refractivity contribution in [2.24, 2.45) is 51.2 Å². The maximum Gasteiger partial charge on any atom is 0.138 e. The van der Waals surface area contributed by atoms with Crippen molar-refractivity contribution < 1.29 is 24.9 Å². The zero-order valence-corrected chi connectivity index (χ0v) is 24.4. The number of hydrogen-bond acceptors (Lipinski definition) is 5. The number of carbonyl (C=O) groups is 1. The lowest BCUT2D eigenvalue weighted by molar-refractivity contribution is -0.170. The summed E-state index contributed by atoms with van der Waals surface area (Å²) in [5.41, 5.74) is 2.07. The Labute approximate surface area is 229 Å². The Hall–Kier alpha value is -0.750. The summed E-state index contributed by atoms with van der Waals surface area (Å²) in [5, 5.41) is 31.0. The topological polar surface area (TPSA) is 87.0 Å². The van der Waals surface area contributed by atoms with E-state index in [9.17, 15) is 20.1 Å². The van der Waals surface area contributed by atoms with Gasteiger partial charge in [0, 0.05) is 11.8 Å². The van der Waals surface area contributed by atoms with Crippen molar-refractivity contribution >= 4 is 5.78 Å². The van der Waals surface area contributed by atoms with E-state index in [2.05, 4.69) is 40.7 Å². The fourth-order valence-corrected chi connectivity index (χ4v) is 11.9. The zero-order valence-electron chi connectivity index (χ0n) is 24.4. The number of rotatable bonds is 3. The second-order valence-corrected chi connectivity index (χ2v) is 15.6. The van der Waals surface area contributed by atoms with Crippen LogP contribution < -0.4 is 0 Å². The highest BCUT2D eigenvalue weighted by molar-refractivity contribution is 5.85. The van der Waals surface area contributed by atoms with Crippen molar-refractivity contribution in [3.8, 4) is 0 Å². The van der Waals surface area contributed by atoms with Gasteiger partial charge >= 0.3 is 0 Å². The number of fused-ring (bicyclic) bond motifs is 7. The highest BCUT2D eigenvalue weighted by Crippen LogP contribution is 2.72. The Balaban J connectivity index is 1.33. The summed E-state index contributed by atoms with van der Waals surface area (Å²) < 4.78 is 6.06. The fraction of sp³-hybridized carbons (Fsp3) is 0.909. The van der Waals surface area contributed by atoms with E-state index in [0.717, 1.165) is 38.5 Å². The molecule has 0 radical (unpaired) electrons. The minimum absolute atomic E-state index is 0.0965. The monoisotopic (exact) mass is 528 g/mol. The van der Waals surface area contributed by atoms with Gasteiger partial charge in [-0.25, -0.2) is 0 Å². The second-order valence-electron chi connectivity index (χ2n) is 15.6. The Morgan fingerprint density at radius 2 is 1.66 bits per heavy atom. The molecule has 6 aliphatic rings. The van der Waals surface area contributed by atoms with E-state index in [-0.39, 0.29) is 28.3 Å². The molecule has 1 aliphatic heterocycles. The van der Waals surface area contributed by atoms with E-state index in [1.165, 1.54) is 32.1 Å². The van der Waals surface area contributed by atoms with Crippen LogP contribution in [0, 0.1) is 51.2 Å². The number of aliphatic hydroxyl groups is 3. The third-order valence-electron chi connectivity index (χ3n) is 13.7. The lowest BCUT2D eigenvalue weighted by Crippen LogP contribution is -2.61. The van der Waals surface area contributed by atoms with Crippen LogP contribution in [0.5, 0.6) is 0 Å². The van der Waals surface area contributed by atoms with Crippen LogP contribution >= 0.6 is 0 Å². The van der Waals surface area contributed by atoms with Crippen molar-refractivity contribution in [1.29, 1.82) is 0 Å². The summed E-state index contributed by atoms with van der Waals surface area (Å²) in [7, 11) is 0. The number of ketones is 1. The highest BCUT2D eigenvalue weighted by atomic mass is 16.6. The second kappa shape index (κ2) is 9.13. The van der Waals surface area contributed by atoms with Crippen LogP contribution in [0.3, 0.4) is 0 Å². The first-order chi connectivity index (χ1) is 17.9. The minimum Gasteiger partial charge on any atom is -0.394 e. The number of ether oxygens (including phenoxy) is 1. The summed E-state index contributed by atoms with van der Waals surface area (Å²) in [5.74, 6) is 3.29. The lowest BCUT2D eigenvalue weighted by Gasteiger charge is -2.67. The number of carbonyl (C=O) groups excluding carboxylic acids is 1. The smallest absolute Gasteiger partial charge is 0.138 e. The van der Waals surface area contributed by atoms with Gasteiger partial charge in [-0.3, -0.25) is 4.79 Å². The molecule has 0 aromatic carbocycles. The van der Waals surface area contributed by atoms with Gasteiger partial charge in [0.1, 0.15) is 24.1 Å². The van der Waals surface area contributed by atoms with Crippen molar-refractivity contribution in [2.45, 2.75) is 130 Å². The van der Waals surface area contributed by atoms with Gasteiger partial charge in [0.25, 0.3) is 0 Å². The van der Waals surface area contributed by atoms with E-state index < -0.39 is 24.4 Å². The molecule has 0 aromatic rings. The number of allylic oxidation sites excluding steroid dienone is 2. The summed E-state index contributed by atoms with van der Waals surface area (Å²) in [6, 6.07) is 0. The molecular formula is C33H52O5. The predicted octanol–water partition coefficient (Wildman–Crippen LogP) is 5.45. The highest BCUT2D eigenvalue weighted by Gasteiger charge is 2.65. The molecule has 0 spiro atoms. The average Bonchev–Trinajstić information content (AvgIpc) is 3.13. The van der Waals surface area contributed by atoms with E-state index in [1.807, 2.05) is 0 Å². The molecular weight excluding hydrogens is 476 g/mol. The van der Waals surface area contributed by atoms with Gasteiger partial charge in [-0.2, -0.15) is 0 Å². The molecule has 4 saturated carbocycles. The molecule has 5 fully saturated rings. The van der Waals surface area contributed by atoms with Gasteiger partial charge in [0.15, 0.2) is 0 Å². The van der Waals surface area contributed by atoms with Crippen molar-refractivity contribution in [3.05, 3.63) is 11.6 Å². The average molecular weight is 529 g/mol. The van der Waals surface area contributed by atoms with E-state index in [4.69, 9.17) is 4.74 Å². The number of Topliss-reactive ketones (excluding diaryl/α,β-unsaturated/α-hetero) is 1. The Morgan fingerprint density at radius 3 is 2.37 bits per heavy atom. The third kappa shape index (κ3) is 3.66. The summed E-state index contributed by atoms with van der Waals surface area (Å²) in [6.45, 7) is 11.8. The number of hydrogen-bond donors (Lipinski definition) is 3. The van der Waals surface area contributed by atoms with E-state index >= 15 is 0 Å². The quantitative estimate of drug-likeness (QED) is 0.424.